The van der Waals surface area contributed by atoms with Crippen molar-refractivity contribution in [3.05, 3.63) is 71.8 Å². The molecule has 1 aliphatic rings. The Kier molecular flexibility index (Phi) is 4.94. The molecule has 0 spiro atoms. The molecule has 1 heterocycles. The summed E-state index contributed by atoms with van der Waals surface area (Å²) in [5.41, 5.74) is 2.12. The molecule has 2 aromatic rings. The zero-order valence-electron chi connectivity index (χ0n) is 13.8. The van der Waals surface area contributed by atoms with Crippen LogP contribution in [0.4, 0.5) is 0 Å². The molecule has 2 unspecified atom stereocenters. The number of nitrogens with one attached hydrogen (secondary N) is 1. The van der Waals surface area contributed by atoms with Gasteiger partial charge in [-0.25, -0.2) is 0 Å². The predicted molar refractivity (Wildman–Crippen MR) is 93.1 cm³/mol. The Bertz CT molecular complexity index is 700. The summed E-state index contributed by atoms with van der Waals surface area (Å²) in [5.74, 6) is -0.0756. The molecule has 0 aromatic heterocycles. The minimum absolute atomic E-state index is 0.0129. The number of carbonyl (C=O) groups excluding carboxylic acids is 2. The van der Waals surface area contributed by atoms with E-state index >= 15 is 0 Å². The van der Waals surface area contributed by atoms with Crippen LogP contribution in [0.5, 0.6) is 0 Å². The van der Waals surface area contributed by atoms with Gasteiger partial charge in [0.1, 0.15) is 6.04 Å². The largest absolute Gasteiger partial charge is 0.344 e. The van der Waals surface area contributed by atoms with E-state index in [2.05, 4.69) is 5.32 Å². The molecule has 0 radical (unpaired) electrons. The molecule has 1 saturated heterocycles. The third-order valence-corrected chi connectivity index (χ3v) is 4.41. The van der Waals surface area contributed by atoms with Crippen molar-refractivity contribution in [2.45, 2.75) is 38.4 Å². The van der Waals surface area contributed by atoms with Gasteiger partial charge in [0.25, 0.3) is 0 Å². The van der Waals surface area contributed by atoms with Gasteiger partial charge in [0.2, 0.25) is 11.8 Å². The van der Waals surface area contributed by atoms with E-state index in [0.717, 1.165) is 11.1 Å². The Hall–Kier alpha value is -2.62. The number of hydrogen-bond acceptors (Lipinski definition) is 2. The predicted octanol–water partition coefficient (Wildman–Crippen LogP) is 2.53. The topological polar surface area (TPSA) is 49.4 Å². The maximum absolute atomic E-state index is 13.0. The quantitative estimate of drug-likeness (QED) is 0.940. The van der Waals surface area contributed by atoms with E-state index in [9.17, 15) is 9.59 Å². The number of amides is 2. The molecule has 0 saturated carbocycles. The lowest BCUT2D eigenvalue weighted by molar-refractivity contribution is -0.135. The van der Waals surface area contributed by atoms with E-state index in [1.54, 1.807) is 0 Å². The Morgan fingerprint density at radius 2 is 1.54 bits per heavy atom. The summed E-state index contributed by atoms with van der Waals surface area (Å²) in [6.07, 6.45) is 0.854. The zero-order valence-corrected chi connectivity index (χ0v) is 13.8. The van der Waals surface area contributed by atoms with Gasteiger partial charge in [-0.3, -0.25) is 9.59 Å². The van der Waals surface area contributed by atoms with Crippen molar-refractivity contribution in [2.75, 3.05) is 0 Å². The van der Waals surface area contributed by atoms with Crippen molar-refractivity contribution in [1.82, 2.24) is 10.2 Å². The van der Waals surface area contributed by atoms with Crippen LogP contribution in [0, 0.1) is 0 Å². The van der Waals surface area contributed by atoms with Crippen molar-refractivity contribution < 1.29 is 9.59 Å². The van der Waals surface area contributed by atoms with Crippen molar-refractivity contribution >= 4 is 11.8 Å². The molecule has 0 bridgehead atoms. The number of hydrogen-bond donors (Lipinski definition) is 1. The SMILES string of the molecule is CC1CC(=O)NC(Cc2ccccc2)C(=O)N1Cc1ccccc1. The summed E-state index contributed by atoms with van der Waals surface area (Å²) in [4.78, 5) is 27.0. The van der Waals surface area contributed by atoms with Crippen LogP contribution in [0.1, 0.15) is 24.5 Å². The number of carbonyl (C=O) groups is 2. The molecule has 0 aliphatic carbocycles. The second-order valence-corrected chi connectivity index (χ2v) is 6.31. The second kappa shape index (κ2) is 7.30. The molecule has 124 valence electrons. The average molecular weight is 322 g/mol. The molecular formula is C20H22N2O2. The van der Waals surface area contributed by atoms with Crippen LogP contribution in [0.25, 0.3) is 0 Å². The number of rotatable bonds is 4. The van der Waals surface area contributed by atoms with E-state index in [4.69, 9.17) is 0 Å². The van der Waals surface area contributed by atoms with Crippen LogP contribution in [-0.4, -0.2) is 28.8 Å². The van der Waals surface area contributed by atoms with Crippen LogP contribution in [0.15, 0.2) is 60.7 Å². The van der Waals surface area contributed by atoms with Crippen LogP contribution in [0.3, 0.4) is 0 Å². The van der Waals surface area contributed by atoms with Gasteiger partial charge < -0.3 is 10.2 Å². The molecule has 1 N–H and O–H groups in total. The van der Waals surface area contributed by atoms with Crippen LogP contribution < -0.4 is 5.32 Å². The number of nitrogens with zero attached hydrogens (tertiary/aromatic N) is 1. The molecule has 1 aliphatic heterocycles. The van der Waals surface area contributed by atoms with Crippen LogP contribution in [-0.2, 0) is 22.6 Å². The maximum Gasteiger partial charge on any atom is 0.246 e. The normalized spacial score (nSPS) is 21.3. The van der Waals surface area contributed by atoms with Gasteiger partial charge in [-0.1, -0.05) is 60.7 Å². The van der Waals surface area contributed by atoms with E-state index in [0.29, 0.717) is 19.4 Å². The fourth-order valence-corrected chi connectivity index (χ4v) is 3.11. The Morgan fingerprint density at radius 1 is 0.958 bits per heavy atom. The second-order valence-electron chi connectivity index (χ2n) is 6.31. The van der Waals surface area contributed by atoms with Crippen LogP contribution in [0.2, 0.25) is 0 Å². The Labute approximate surface area is 142 Å². The Morgan fingerprint density at radius 3 is 2.17 bits per heavy atom. The lowest BCUT2D eigenvalue weighted by atomic mass is 10.0. The van der Waals surface area contributed by atoms with Gasteiger partial charge in [-0.2, -0.15) is 0 Å². The summed E-state index contributed by atoms with van der Waals surface area (Å²) >= 11 is 0. The fraction of sp³-hybridized carbons (Fsp3) is 0.300. The molecule has 4 nitrogen and oxygen atoms in total. The van der Waals surface area contributed by atoms with Gasteiger partial charge in [0.15, 0.2) is 0 Å². The average Bonchev–Trinajstić information content (AvgIpc) is 2.68. The van der Waals surface area contributed by atoms with Gasteiger partial charge >= 0.3 is 0 Å². The van der Waals surface area contributed by atoms with Gasteiger partial charge in [-0.05, 0) is 18.1 Å². The Balaban J connectivity index is 1.81. The molecule has 24 heavy (non-hydrogen) atoms. The first-order chi connectivity index (χ1) is 11.6. The minimum atomic E-state index is -0.506. The highest BCUT2D eigenvalue weighted by Gasteiger charge is 2.33. The van der Waals surface area contributed by atoms with Crippen molar-refractivity contribution in [3.63, 3.8) is 0 Å². The van der Waals surface area contributed by atoms with E-state index in [-0.39, 0.29) is 17.9 Å². The third-order valence-electron chi connectivity index (χ3n) is 4.41. The highest BCUT2D eigenvalue weighted by Crippen LogP contribution is 2.17. The first-order valence-electron chi connectivity index (χ1n) is 8.31. The third kappa shape index (κ3) is 3.82. The molecule has 2 atom stereocenters. The first kappa shape index (κ1) is 16.2. The molecule has 4 heteroatoms. The monoisotopic (exact) mass is 322 g/mol. The fourth-order valence-electron chi connectivity index (χ4n) is 3.11. The summed E-state index contributed by atoms with van der Waals surface area (Å²) in [7, 11) is 0. The van der Waals surface area contributed by atoms with Crippen molar-refractivity contribution in [3.8, 4) is 0 Å². The van der Waals surface area contributed by atoms with Crippen LogP contribution >= 0.6 is 0 Å². The lowest BCUT2D eigenvalue weighted by Crippen LogP contribution is -2.47. The summed E-state index contributed by atoms with van der Waals surface area (Å²) < 4.78 is 0. The molecule has 2 aromatic carbocycles. The highest BCUT2D eigenvalue weighted by atomic mass is 16.2. The maximum atomic E-state index is 13.0. The van der Waals surface area contributed by atoms with Gasteiger partial charge in [-0.15, -0.1) is 0 Å². The number of benzene rings is 2. The minimum Gasteiger partial charge on any atom is -0.344 e. The summed E-state index contributed by atoms with van der Waals surface area (Å²) in [6, 6.07) is 19.1. The zero-order chi connectivity index (χ0) is 16.9. The van der Waals surface area contributed by atoms with Gasteiger partial charge in [0, 0.05) is 25.4 Å². The molecule has 1 fully saturated rings. The van der Waals surface area contributed by atoms with Crippen molar-refractivity contribution in [2.24, 2.45) is 0 Å². The standard InChI is InChI=1S/C20H22N2O2/c1-15-12-19(23)21-18(13-16-8-4-2-5-9-16)20(24)22(15)14-17-10-6-3-7-11-17/h2-11,15,18H,12-14H2,1H3,(H,21,23). The first-order valence-corrected chi connectivity index (χ1v) is 8.31. The van der Waals surface area contributed by atoms with E-state index < -0.39 is 6.04 Å². The summed E-state index contributed by atoms with van der Waals surface area (Å²) in [5, 5.41) is 2.89. The highest BCUT2D eigenvalue weighted by molar-refractivity contribution is 5.90. The van der Waals surface area contributed by atoms with E-state index in [1.165, 1.54) is 0 Å². The molecule has 3 rings (SSSR count). The molecule has 2 amide bonds. The van der Waals surface area contributed by atoms with E-state index in [1.807, 2.05) is 72.5 Å². The smallest absolute Gasteiger partial charge is 0.246 e. The lowest BCUT2D eigenvalue weighted by Gasteiger charge is -2.29. The van der Waals surface area contributed by atoms with Gasteiger partial charge in [0.05, 0.1) is 0 Å². The van der Waals surface area contributed by atoms with Crippen molar-refractivity contribution in [1.29, 1.82) is 0 Å². The molecular weight excluding hydrogens is 300 g/mol. The summed E-state index contributed by atoms with van der Waals surface area (Å²) in [6.45, 7) is 2.46.